The number of carboxylic acid groups (broad SMARTS) is 2. The van der Waals surface area contributed by atoms with Crippen LogP contribution in [0.25, 0.3) is 0 Å². The lowest BCUT2D eigenvalue weighted by molar-refractivity contribution is -0.121. The fraction of sp³-hybridized carbons (Fsp3) is 0.529. The van der Waals surface area contributed by atoms with Crippen molar-refractivity contribution in [2.24, 2.45) is 0 Å². The first-order valence-electron chi connectivity index (χ1n) is 7.84. The Bertz CT molecular complexity index is 521. The quantitative estimate of drug-likeness (QED) is 0.717. The van der Waals surface area contributed by atoms with Crippen molar-refractivity contribution < 1.29 is 19.8 Å². The minimum absolute atomic E-state index is 0.0950. The van der Waals surface area contributed by atoms with E-state index in [1.807, 2.05) is 25.1 Å². The SMILES string of the molecule is Cc1ccc(CC(=O)NC2CCCCCC2)c(Cl)c1.O=C(O)O. The summed E-state index contributed by atoms with van der Waals surface area (Å²) in [6.07, 6.45) is 5.86. The second-order valence-corrected chi connectivity index (χ2v) is 6.22. The van der Waals surface area contributed by atoms with E-state index in [0.29, 0.717) is 17.5 Å². The number of amides is 1. The highest BCUT2D eigenvalue weighted by atomic mass is 35.5. The summed E-state index contributed by atoms with van der Waals surface area (Å²) in [4.78, 5) is 20.6. The van der Waals surface area contributed by atoms with Crippen LogP contribution in [0.5, 0.6) is 0 Å². The van der Waals surface area contributed by atoms with E-state index >= 15 is 0 Å². The Hall–Kier alpha value is -1.75. The first-order valence-corrected chi connectivity index (χ1v) is 8.22. The summed E-state index contributed by atoms with van der Waals surface area (Å²) in [5, 5.41) is 17.8. The minimum Gasteiger partial charge on any atom is -0.450 e. The molecule has 0 radical (unpaired) electrons. The zero-order valence-electron chi connectivity index (χ0n) is 13.3. The van der Waals surface area contributed by atoms with Crippen molar-refractivity contribution in [3.8, 4) is 0 Å². The first kappa shape index (κ1) is 19.3. The summed E-state index contributed by atoms with van der Waals surface area (Å²) in [5.41, 5.74) is 2.04. The topological polar surface area (TPSA) is 86.6 Å². The molecule has 1 aliphatic carbocycles. The van der Waals surface area contributed by atoms with Crippen molar-refractivity contribution in [3.63, 3.8) is 0 Å². The highest BCUT2D eigenvalue weighted by molar-refractivity contribution is 6.31. The third-order valence-corrected chi connectivity index (χ3v) is 4.13. The number of carbonyl (C=O) groups excluding carboxylic acids is 1. The van der Waals surface area contributed by atoms with Crippen LogP contribution >= 0.6 is 11.6 Å². The molecule has 0 heterocycles. The maximum atomic E-state index is 12.1. The normalized spacial score (nSPS) is 15.0. The molecule has 0 spiro atoms. The van der Waals surface area contributed by atoms with E-state index in [1.165, 1.54) is 25.7 Å². The standard InChI is InChI=1S/C16H22ClNO.CH2O3/c1-12-8-9-13(15(17)10-12)11-16(19)18-14-6-4-2-3-5-7-14;2-1(3)4/h8-10,14H,2-7,11H2,1H3,(H,18,19);(H2,2,3,4). The van der Waals surface area contributed by atoms with Gasteiger partial charge in [0.25, 0.3) is 0 Å². The van der Waals surface area contributed by atoms with Crippen molar-refractivity contribution in [3.05, 3.63) is 34.3 Å². The Morgan fingerprint density at radius 2 is 1.74 bits per heavy atom. The summed E-state index contributed by atoms with van der Waals surface area (Å²) >= 11 is 6.16. The van der Waals surface area contributed by atoms with Crippen molar-refractivity contribution in [1.29, 1.82) is 0 Å². The summed E-state index contributed by atoms with van der Waals surface area (Å²) in [6, 6.07) is 6.22. The molecule has 1 aromatic carbocycles. The van der Waals surface area contributed by atoms with Crippen LogP contribution < -0.4 is 5.32 Å². The molecule has 0 aliphatic heterocycles. The lowest BCUT2D eigenvalue weighted by atomic mass is 10.1. The Balaban J connectivity index is 0.000000593. The molecule has 23 heavy (non-hydrogen) atoms. The Labute approximate surface area is 141 Å². The van der Waals surface area contributed by atoms with Crippen molar-refractivity contribution in [1.82, 2.24) is 5.32 Å². The van der Waals surface area contributed by atoms with Gasteiger partial charge in [-0.25, -0.2) is 4.79 Å². The summed E-state index contributed by atoms with van der Waals surface area (Å²) in [5.74, 6) is 0.0950. The van der Waals surface area contributed by atoms with Gasteiger partial charge >= 0.3 is 6.16 Å². The van der Waals surface area contributed by atoms with Crippen molar-refractivity contribution in [2.75, 3.05) is 0 Å². The fourth-order valence-electron chi connectivity index (χ4n) is 2.67. The third-order valence-electron chi connectivity index (χ3n) is 3.78. The molecular formula is C17H24ClNO4. The van der Waals surface area contributed by atoms with Gasteiger partial charge in [-0.2, -0.15) is 0 Å². The highest BCUT2D eigenvalue weighted by Gasteiger charge is 2.15. The van der Waals surface area contributed by atoms with Gasteiger partial charge in [0.15, 0.2) is 0 Å². The summed E-state index contributed by atoms with van der Waals surface area (Å²) in [6.45, 7) is 2.00. The van der Waals surface area contributed by atoms with Gasteiger partial charge in [0.2, 0.25) is 5.91 Å². The van der Waals surface area contributed by atoms with Crippen molar-refractivity contribution in [2.45, 2.75) is 57.9 Å². The molecule has 0 unspecified atom stereocenters. The molecule has 1 aromatic rings. The molecule has 128 valence electrons. The van der Waals surface area contributed by atoms with Crippen LogP contribution in [0.3, 0.4) is 0 Å². The van der Waals surface area contributed by atoms with E-state index in [0.717, 1.165) is 24.0 Å². The molecule has 6 heteroatoms. The van der Waals surface area contributed by atoms with E-state index in [1.54, 1.807) is 0 Å². The molecule has 0 bridgehead atoms. The lowest BCUT2D eigenvalue weighted by Gasteiger charge is -2.16. The van der Waals surface area contributed by atoms with Crippen LogP contribution in [0.15, 0.2) is 18.2 Å². The first-order chi connectivity index (χ1) is 10.9. The number of aryl methyl sites for hydroxylation is 1. The molecule has 1 saturated carbocycles. The second-order valence-electron chi connectivity index (χ2n) is 5.81. The molecule has 1 aliphatic rings. The predicted octanol–water partition coefficient (Wildman–Crippen LogP) is 4.25. The lowest BCUT2D eigenvalue weighted by Crippen LogP contribution is -2.35. The molecule has 0 aromatic heterocycles. The predicted molar refractivity (Wildman–Crippen MR) is 90.2 cm³/mol. The number of hydrogen-bond acceptors (Lipinski definition) is 2. The number of halogens is 1. The van der Waals surface area contributed by atoms with Gasteiger partial charge in [-0.15, -0.1) is 0 Å². The molecule has 0 saturated heterocycles. The smallest absolute Gasteiger partial charge is 0.450 e. The number of benzene rings is 1. The number of nitrogens with one attached hydrogen (secondary N) is 1. The van der Waals surface area contributed by atoms with Crippen LogP contribution in [-0.2, 0) is 11.2 Å². The van der Waals surface area contributed by atoms with E-state index in [2.05, 4.69) is 5.32 Å². The number of hydrogen-bond donors (Lipinski definition) is 3. The molecule has 5 nitrogen and oxygen atoms in total. The Morgan fingerprint density at radius 3 is 2.26 bits per heavy atom. The van der Waals surface area contributed by atoms with Crippen molar-refractivity contribution >= 4 is 23.7 Å². The average molecular weight is 342 g/mol. The van der Waals surface area contributed by atoms with Gasteiger partial charge in [-0.3, -0.25) is 4.79 Å². The fourth-order valence-corrected chi connectivity index (χ4v) is 2.97. The van der Waals surface area contributed by atoms with Crippen LogP contribution in [0, 0.1) is 6.92 Å². The van der Waals surface area contributed by atoms with E-state index in [-0.39, 0.29) is 5.91 Å². The van der Waals surface area contributed by atoms with Gasteiger partial charge in [0.05, 0.1) is 6.42 Å². The van der Waals surface area contributed by atoms with Crippen LogP contribution in [0.4, 0.5) is 4.79 Å². The second kappa shape index (κ2) is 10.1. The maximum absolute atomic E-state index is 12.1. The van der Waals surface area contributed by atoms with Crippen LogP contribution in [0.1, 0.15) is 49.7 Å². The van der Waals surface area contributed by atoms with Gasteiger partial charge in [-0.1, -0.05) is 49.4 Å². The third kappa shape index (κ3) is 8.45. The van der Waals surface area contributed by atoms with Gasteiger partial charge in [0.1, 0.15) is 0 Å². The minimum atomic E-state index is -1.83. The van der Waals surface area contributed by atoms with Crippen LogP contribution in [-0.4, -0.2) is 28.3 Å². The molecule has 1 amide bonds. The van der Waals surface area contributed by atoms with E-state index in [4.69, 9.17) is 26.6 Å². The Kier molecular flexibility index (Phi) is 8.48. The zero-order chi connectivity index (χ0) is 17.2. The molecule has 3 N–H and O–H groups in total. The highest BCUT2D eigenvalue weighted by Crippen LogP contribution is 2.19. The maximum Gasteiger partial charge on any atom is 0.503 e. The molecule has 1 fully saturated rings. The molecule has 0 atom stereocenters. The van der Waals surface area contributed by atoms with E-state index < -0.39 is 6.16 Å². The monoisotopic (exact) mass is 341 g/mol. The summed E-state index contributed by atoms with van der Waals surface area (Å²) in [7, 11) is 0. The molecule has 2 rings (SSSR count). The Morgan fingerprint density at radius 1 is 1.17 bits per heavy atom. The van der Waals surface area contributed by atoms with Gasteiger partial charge in [0, 0.05) is 11.1 Å². The largest absolute Gasteiger partial charge is 0.503 e. The van der Waals surface area contributed by atoms with Gasteiger partial charge < -0.3 is 15.5 Å². The zero-order valence-corrected chi connectivity index (χ0v) is 14.1. The summed E-state index contributed by atoms with van der Waals surface area (Å²) < 4.78 is 0. The number of carbonyl (C=O) groups is 2. The number of rotatable bonds is 3. The average Bonchev–Trinajstić information content (AvgIpc) is 2.70. The molecular weight excluding hydrogens is 318 g/mol. The van der Waals surface area contributed by atoms with Gasteiger partial charge in [-0.05, 0) is 37.0 Å². The van der Waals surface area contributed by atoms with Crippen LogP contribution in [0.2, 0.25) is 5.02 Å². The van der Waals surface area contributed by atoms with E-state index in [9.17, 15) is 4.79 Å².